The SMILES string of the molecule is CC12CCC(CC1=NNC(=O)CN(Cc1ccco1)S(=O)(=O)c1ccc(Cl)nc1)C2(C)C. The summed E-state index contributed by atoms with van der Waals surface area (Å²) in [7, 11) is -4.02. The van der Waals surface area contributed by atoms with Gasteiger partial charge in [0.05, 0.1) is 19.4 Å². The molecule has 2 atom stereocenters. The Labute approximate surface area is 193 Å². The highest BCUT2D eigenvalue weighted by molar-refractivity contribution is 7.89. The van der Waals surface area contributed by atoms with E-state index in [0.717, 1.165) is 22.9 Å². The molecule has 8 nitrogen and oxygen atoms in total. The number of sulfonamides is 1. The molecule has 2 bridgehead atoms. The summed E-state index contributed by atoms with van der Waals surface area (Å²) in [5.41, 5.74) is 3.65. The summed E-state index contributed by atoms with van der Waals surface area (Å²) in [5, 5.41) is 4.61. The van der Waals surface area contributed by atoms with E-state index >= 15 is 0 Å². The Bertz CT molecular complexity index is 1130. The third kappa shape index (κ3) is 3.97. The van der Waals surface area contributed by atoms with Crippen LogP contribution in [0.4, 0.5) is 0 Å². The third-order valence-electron chi connectivity index (χ3n) is 7.40. The van der Waals surface area contributed by atoms with Crippen molar-refractivity contribution in [2.24, 2.45) is 21.8 Å². The van der Waals surface area contributed by atoms with E-state index in [2.05, 4.69) is 36.3 Å². The minimum absolute atomic E-state index is 0.0557. The van der Waals surface area contributed by atoms with E-state index in [1.165, 1.54) is 31.0 Å². The smallest absolute Gasteiger partial charge is 0.255 e. The molecule has 0 aromatic carbocycles. The molecule has 32 heavy (non-hydrogen) atoms. The molecule has 10 heteroatoms. The lowest BCUT2D eigenvalue weighted by Gasteiger charge is -2.34. The van der Waals surface area contributed by atoms with Crippen molar-refractivity contribution in [2.45, 2.75) is 51.5 Å². The molecule has 2 saturated carbocycles. The molecule has 4 rings (SSSR count). The van der Waals surface area contributed by atoms with Crippen LogP contribution in [0.5, 0.6) is 0 Å². The fourth-order valence-electron chi connectivity index (χ4n) is 4.89. The Hall–Kier alpha value is -2.23. The number of nitrogens with one attached hydrogen (secondary N) is 1. The second-order valence-electron chi connectivity index (χ2n) is 9.26. The van der Waals surface area contributed by atoms with Gasteiger partial charge in [0.25, 0.3) is 5.91 Å². The van der Waals surface area contributed by atoms with Crippen molar-refractivity contribution in [3.63, 3.8) is 0 Å². The van der Waals surface area contributed by atoms with E-state index in [9.17, 15) is 13.2 Å². The van der Waals surface area contributed by atoms with Crippen LogP contribution in [0.15, 0.2) is 51.1 Å². The Morgan fingerprint density at radius 2 is 2.12 bits per heavy atom. The summed E-state index contributed by atoms with van der Waals surface area (Å²) in [5.74, 6) is 0.451. The zero-order chi connectivity index (χ0) is 23.1. The van der Waals surface area contributed by atoms with Crippen LogP contribution in [0.3, 0.4) is 0 Å². The molecular formula is C22H27ClN4O4S. The first-order valence-electron chi connectivity index (χ1n) is 10.5. The molecule has 2 fully saturated rings. The summed E-state index contributed by atoms with van der Waals surface area (Å²) >= 11 is 5.79. The van der Waals surface area contributed by atoms with Gasteiger partial charge in [-0.2, -0.15) is 9.41 Å². The number of hydrogen-bond acceptors (Lipinski definition) is 6. The fourth-order valence-corrected chi connectivity index (χ4v) is 6.31. The van der Waals surface area contributed by atoms with Gasteiger partial charge in [0.2, 0.25) is 10.0 Å². The second-order valence-corrected chi connectivity index (χ2v) is 11.6. The van der Waals surface area contributed by atoms with Crippen molar-refractivity contribution in [1.29, 1.82) is 0 Å². The summed E-state index contributed by atoms with van der Waals surface area (Å²) in [6.07, 6.45) is 5.69. The Kier molecular flexibility index (Phi) is 5.94. The lowest BCUT2D eigenvalue weighted by atomic mass is 9.70. The van der Waals surface area contributed by atoms with Gasteiger partial charge in [-0.05, 0) is 54.9 Å². The molecule has 172 valence electrons. The van der Waals surface area contributed by atoms with Gasteiger partial charge in [-0.1, -0.05) is 32.4 Å². The number of carbonyl (C=O) groups is 1. The summed E-state index contributed by atoms with van der Waals surface area (Å²) in [6, 6.07) is 6.06. The molecule has 2 unspecified atom stereocenters. The van der Waals surface area contributed by atoms with Crippen LogP contribution < -0.4 is 5.43 Å². The van der Waals surface area contributed by atoms with Crippen molar-refractivity contribution in [3.05, 3.63) is 47.6 Å². The van der Waals surface area contributed by atoms with Gasteiger partial charge in [-0.3, -0.25) is 4.79 Å². The number of hydrogen-bond donors (Lipinski definition) is 1. The zero-order valence-electron chi connectivity index (χ0n) is 18.3. The topological polar surface area (TPSA) is 105 Å². The lowest BCUT2D eigenvalue weighted by molar-refractivity contribution is -0.121. The Morgan fingerprint density at radius 1 is 1.34 bits per heavy atom. The molecule has 0 spiro atoms. The molecule has 2 aliphatic carbocycles. The van der Waals surface area contributed by atoms with E-state index < -0.39 is 22.5 Å². The number of furan rings is 1. The maximum absolute atomic E-state index is 13.2. The van der Waals surface area contributed by atoms with Gasteiger partial charge in [0.1, 0.15) is 15.8 Å². The molecule has 1 N–H and O–H groups in total. The first-order valence-corrected chi connectivity index (χ1v) is 12.4. The van der Waals surface area contributed by atoms with Gasteiger partial charge in [0.15, 0.2) is 0 Å². The molecule has 0 radical (unpaired) electrons. The molecule has 1 amide bonds. The van der Waals surface area contributed by atoms with Crippen molar-refractivity contribution in [1.82, 2.24) is 14.7 Å². The average Bonchev–Trinajstić information content (AvgIpc) is 3.38. The standard InChI is InChI=1S/C22H27ClN4O4S/c1-21(2)15-8-9-22(21,3)18(11-15)25-26-20(28)14-27(13-16-5-4-10-31-16)32(29,30)17-6-7-19(23)24-12-17/h4-7,10,12,15H,8-9,11,13-14H2,1-3H3,(H,26,28). The minimum atomic E-state index is -4.02. The number of carbonyl (C=O) groups excluding carboxylic acids is 1. The van der Waals surface area contributed by atoms with Crippen molar-refractivity contribution in [3.8, 4) is 0 Å². The highest BCUT2D eigenvalue weighted by Crippen LogP contribution is 2.63. The molecule has 2 aromatic rings. The molecular weight excluding hydrogens is 452 g/mol. The lowest BCUT2D eigenvalue weighted by Crippen LogP contribution is -2.40. The fraction of sp³-hybridized carbons (Fsp3) is 0.500. The Balaban J connectivity index is 1.52. The Morgan fingerprint density at radius 3 is 2.69 bits per heavy atom. The van der Waals surface area contributed by atoms with Crippen LogP contribution in [0.1, 0.15) is 45.8 Å². The number of amides is 1. The van der Waals surface area contributed by atoms with E-state index in [1.54, 1.807) is 12.1 Å². The molecule has 0 aliphatic heterocycles. The highest BCUT2D eigenvalue weighted by atomic mass is 35.5. The van der Waals surface area contributed by atoms with Crippen LogP contribution in [0.25, 0.3) is 0 Å². The maximum Gasteiger partial charge on any atom is 0.255 e. The number of fused-ring (bicyclic) bond motifs is 2. The van der Waals surface area contributed by atoms with E-state index in [4.69, 9.17) is 16.0 Å². The van der Waals surface area contributed by atoms with E-state index in [-0.39, 0.29) is 27.4 Å². The van der Waals surface area contributed by atoms with Crippen molar-refractivity contribution < 1.29 is 17.6 Å². The number of rotatable bonds is 7. The van der Waals surface area contributed by atoms with Crippen LogP contribution >= 0.6 is 11.6 Å². The van der Waals surface area contributed by atoms with Crippen molar-refractivity contribution >= 4 is 33.2 Å². The number of aromatic nitrogens is 1. The zero-order valence-corrected chi connectivity index (χ0v) is 19.9. The third-order valence-corrected chi connectivity index (χ3v) is 9.40. The number of hydrazone groups is 1. The van der Waals surface area contributed by atoms with Gasteiger partial charge in [-0.25, -0.2) is 18.8 Å². The number of pyridine rings is 1. The van der Waals surface area contributed by atoms with Gasteiger partial charge in [0, 0.05) is 17.3 Å². The summed E-state index contributed by atoms with van der Waals surface area (Å²) in [4.78, 5) is 16.5. The first kappa shape index (κ1) is 22.9. The highest BCUT2D eigenvalue weighted by Gasteiger charge is 2.60. The molecule has 2 aromatic heterocycles. The monoisotopic (exact) mass is 478 g/mol. The van der Waals surface area contributed by atoms with Crippen LogP contribution in [0, 0.1) is 16.7 Å². The predicted octanol–water partition coefficient (Wildman–Crippen LogP) is 3.84. The van der Waals surface area contributed by atoms with Gasteiger partial charge < -0.3 is 4.42 Å². The maximum atomic E-state index is 13.2. The van der Waals surface area contributed by atoms with E-state index in [0.29, 0.717) is 11.7 Å². The first-order chi connectivity index (χ1) is 15.0. The molecule has 2 heterocycles. The number of halogens is 1. The average molecular weight is 479 g/mol. The molecule has 2 aliphatic rings. The van der Waals surface area contributed by atoms with Crippen LogP contribution in [0.2, 0.25) is 5.15 Å². The summed E-state index contributed by atoms with van der Waals surface area (Å²) < 4.78 is 32.7. The second kappa shape index (κ2) is 8.28. The van der Waals surface area contributed by atoms with Crippen LogP contribution in [-0.2, 0) is 21.4 Å². The van der Waals surface area contributed by atoms with Gasteiger partial charge in [-0.15, -0.1) is 0 Å². The predicted molar refractivity (Wildman–Crippen MR) is 120 cm³/mol. The largest absolute Gasteiger partial charge is 0.468 e. The quantitative estimate of drug-likeness (QED) is 0.481. The normalized spacial score (nSPS) is 25.5. The van der Waals surface area contributed by atoms with E-state index in [1.807, 2.05) is 0 Å². The number of nitrogens with zero attached hydrogens (tertiary/aromatic N) is 3. The van der Waals surface area contributed by atoms with Crippen LogP contribution in [-0.4, -0.2) is 35.9 Å². The van der Waals surface area contributed by atoms with Gasteiger partial charge >= 0.3 is 0 Å². The minimum Gasteiger partial charge on any atom is -0.468 e. The molecule has 0 saturated heterocycles. The summed E-state index contributed by atoms with van der Waals surface area (Å²) in [6.45, 7) is 6.20. The van der Waals surface area contributed by atoms with Crippen molar-refractivity contribution in [2.75, 3.05) is 6.54 Å².